The van der Waals surface area contributed by atoms with Crippen LogP contribution in [0.2, 0.25) is 0 Å². The van der Waals surface area contributed by atoms with Crippen LogP contribution in [0.4, 0.5) is 0 Å². The Kier molecular flexibility index (Phi) is 5.26. The predicted molar refractivity (Wildman–Crippen MR) is 96.0 cm³/mol. The summed E-state index contributed by atoms with van der Waals surface area (Å²) in [6.07, 6.45) is 0.406. The quantitative estimate of drug-likeness (QED) is 0.554. The molecule has 0 N–H and O–H groups in total. The molecule has 1 atom stereocenters. The molecule has 1 fully saturated rings. The van der Waals surface area contributed by atoms with Gasteiger partial charge in [-0.25, -0.2) is 0 Å². The van der Waals surface area contributed by atoms with E-state index in [9.17, 15) is 9.59 Å². The van der Waals surface area contributed by atoms with Crippen molar-refractivity contribution in [1.82, 2.24) is 0 Å². The van der Waals surface area contributed by atoms with E-state index in [2.05, 4.69) is 0 Å². The van der Waals surface area contributed by atoms with Crippen LogP contribution in [0.3, 0.4) is 0 Å². The van der Waals surface area contributed by atoms with Gasteiger partial charge in [-0.15, -0.1) is 0 Å². The van der Waals surface area contributed by atoms with Crippen molar-refractivity contribution < 1.29 is 23.8 Å². The van der Waals surface area contributed by atoms with Crippen molar-refractivity contribution in [2.75, 3.05) is 13.2 Å². The van der Waals surface area contributed by atoms with Gasteiger partial charge in [-0.3, -0.25) is 9.59 Å². The minimum Gasteiger partial charge on any atom is -0.465 e. The first-order valence-electron chi connectivity index (χ1n) is 8.79. The lowest BCUT2D eigenvalue weighted by Crippen LogP contribution is -2.31. The maximum Gasteiger partial charge on any atom is 0.324 e. The van der Waals surface area contributed by atoms with Crippen molar-refractivity contribution in [3.05, 3.63) is 60.2 Å². The van der Waals surface area contributed by atoms with Crippen molar-refractivity contribution in [3.63, 3.8) is 0 Å². The zero-order valence-corrected chi connectivity index (χ0v) is 14.9. The molecular weight excluding hydrogens is 332 g/mol. The number of para-hydroxylation sites is 1. The molecule has 1 saturated carbocycles. The van der Waals surface area contributed by atoms with Crippen LogP contribution in [0, 0.1) is 5.41 Å². The molecule has 1 aliphatic rings. The largest absolute Gasteiger partial charge is 0.465 e. The smallest absolute Gasteiger partial charge is 0.324 e. The van der Waals surface area contributed by atoms with Gasteiger partial charge >= 0.3 is 11.9 Å². The van der Waals surface area contributed by atoms with Gasteiger partial charge in [-0.2, -0.15) is 0 Å². The fourth-order valence-electron chi connectivity index (χ4n) is 3.11. The van der Waals surface area contributed by atoms with Crippen molar-refractivity contribution in [2.24, 2.45) is 5.41 Å². The first-order chi connectivity index (χ1) is 12.6. The molecule has 0 radical (unpaired) electrons. The summed E-state index contributed by atoms with van der Waals surface area (Å²) in [6.45, 7) is 3.92. The third-order valence-electron chi connectivity index (χ3n) is 4.50. The summed E-state index contributed by atoms with van der Waals surface area (Å²) in [7, 11) is 0. The van der Waals surface area contributed by atoms with Crippen molar-refractivity contribution in [1.29, 1.82) is 0 Å². The van der Waals surface area contributed by atoms with E-state index in [4.69, 9.17) is 14.2 Å². The highest BCUT2D eigenvalue weighted by Crippen LogP contribution is 2.61. The SMILES string of the molecule is CCOC(=O)C1(C(=O)OCC)CC1c1ccc(Oc2ccccc2)cc1. The van der Waals surface area contributed by atoms with Crippen molar-refractivity contribution >= 4 is 11.9 Å². The van der Waals surface area contributed by atoms with Gasteiger partial charge in [0, 0.05) is 5.92 Å². The third-order valence-corrected chi connectivity index (χ3v) is 4.50. The minimum atomic E-state index is -1.21. The highest BCUT2D eigenvalue weighted by molar-refractivity contribution is 6.05. The van der Waals surface area contributed by atoms with E-state index in [0.717, 1.165) is 11.3 Å². The molecule has 26 heavy (non-hydrogen) atoms. The second-order valence-corrected chi connectivity index (χ2v) is 6.15. The molecule has 2 aromatic rings. The normalized spacial score (nSPS) is 17.2. The van der Waals surface area contributed by atoms with Crippen LogP contribution in [0.1, 0.15) is 31.7 Å². The summed E-state index contributed by atoms with van der Waals surface area (Å²) >= 11 is 0. The summed E-state index contributed by atoms with van der Waals surface area (Å²) in [5, 5.41) is 0. The number of hydrogen-bond acceptors (Lipinski definition) is 5. The first kappa shape index (κ1) is 18.0. The second-order valence-electron chi connectivity index (χ2n) is 6.15. The average Bonchev–Trinajstić information content (AvgIpc) is 3.41. The van der Waals surface area contributed by atoms with E-state index in [0.29, 0.717) is 12.2 Å². The third kappa shape index (κ3) is 3.43. The Morgan fingerprint density at radius 1 is 0.885 bits per heavy atom. The molecule has 5 heteroatoms. The van der Waals surface area contributed by atoms with Gasteiger partial charge in [-0.1, -0.05) is 30.3 Å². The monoisotopic (exact) mass is 354 g/mol. The molecule has 2 aromatic carbocycles. The van der Waals surface area contributed by atoms with Crippen LogP contribution in [0.15, 0.2) is 54.6 Å². The fraction of sp³-hybridized carbons (Fsp3) is 0.333. The molecule has 1 unspecified atom stereocenters. The molecule has 0 spiro atoms. The zero-order valence-electron chi connectivity index (χ0n) is 14.9. The van der Waals surface area contributed by atoms with Crippen molar-refractivity contribution in [3.8, 4) is 11.5 Å². The Hall–Kier alpha value is -2.82. The lowest BCUT2D eigenvalue weighted by Gasteiger charge is -2.15. The molecule has 0 bridgehead atoms. The van der Waals surface area contributed by atoms with Crippen LogP contribution < -0.4 is 4.74 Å². The Morgan fingerprint density at radius 3 is 1.96 bits per heavy atom. The molecule has 3 rings (SSSR count). The topological polar surface area (TPSA) is 61.8 Å². The lowest BCUT2D eigenvalue weighted by molar-refractivity contribution is -0.164. The summed E-state index contributed by atoms with van der Waals surface area (Å²) < 4.78 is 16.0. The Morgan fingerprint density at radius 2 is 1.42 bits per heavy atom. The standard InChI is InChI=1S/C21H22O5/c1-3-24-19(22)21(20(23)25-4-2)14-18(21)15-10-12-17(13-11-15)26-16-8-6-5-7-9-16/h5-13,18H,3-4,14H2,1-2H3. The van der Waals surface area contributed by atoms with Crippen LogP contribution >= 0.6 is 0 Å². The van der Waals surface area contributed by atoms with E-state index in [1.807, 2.05) is 54.6 Å². The molecule has 0 aliphatic heterocycles. The highest BCUT2D eigenvalue weighted by Gasteiger charge is 2.68. The van der Waals surface area contributed by atoms with E-state index >= 15 is 0 Å². The van der Waals surface area contributed by atoms with Crippen LogP contribution in [-0.2, 0) is 19.1 Å². The van der Waals surface area contributed by atoms with Gasteiger partial charge in [0.25, 0.3) is 0 Å². The number of ether oxygens (including phenoxy) is 3. The number of benzene rings is 2. The predicted octanol–water partition coefficient (Wildman–Crippen LogP) is 4.08. The van der Waals surface area contributed by atoms with Gasteiger partial charge in [-0.05, 0) is 50.1 Å². The van der Waals surface area contributed by atoms with Gasteiger partial charge in [0.05, 0.1) is 13.2 Å². The summed E-state index contributed by atoms with van der Waals surface area (Å²) in [5.74, 6) is 0.199. The van der Waals surface area contributed by atoms with Gasteiger partial charge in [0.2, 0.25) is 0 Å². The molecule has 0 aromatic heterocycles. The number of rotatable bonds is 7. The Labute approximate surface area is 152 Å². The molecule has 0 saturated heterocycles. The first-order valence-corrected chi connectivity index (χ1v) is 8.79. The highest BCUT2D eigenvalue weighted by atomic mass is 16.6. The van der Waals surface area contributed by atoms with E-state index in [1.54, 1.807) is 13.8 Å². The van der Waals surface area contributed by atoms with Gasteiger partial charge < -0.3 is 14.2 Å². The van der Waals surface area contributed by atoms with E-state index in [-0.39, 0.29) is 19.1 Å². The Bertz CT molecular complexity index is 749. The summed E-state index contributed by atoms with van der Waals surface area (Å²) in [5.41, 5.74) is -0.320. The van der Waals surface area contributed by atoms with Gasteiger partial charge in [0.1, 0.15) is 11.5 Å². The maximum atomic E-state index is 12.4. The summed E-state index contributed by atoms with van der Waals surface area (Å²) in [6, 6.07) is 16.9. The fourth-order valence-corrected chi connectivity index (χ4v) is 3.11. The minimum absolute atomic E-state index is 0.230. The number of carbonyl (C=O) groups excluding carboxylic acids is 2. The van der Waals surface area contributed by atoms with Crippen LogP contribution in [0.5, 0.6) is 11.5 Å². The number of esters is 2. The molecule has 1 aliphatic carbocycles. The number of hydrogen-bond donors (Lipinski definition) is 0. The van der Waals surface area contributed by atoms with Crippen molar-refractivity contribution in [2.45, 2.75) is 26.2 Å². The Balaban J connectivity index is 1.76. The van der Waals surface area contributed by atoms with Crippen LogP contribution in [-0.4, -0.2) is 25.2 Å². The zero-order chi connectivity index (χ0) is 18.6. The van der Waals surface area contributed by atoms with E-state index < -0.39 is 17.4 Å². The van der Waals surface area contributed by atoms with E-state index in [1.165, 1.54) is 0 Å². The average molecular weight is 354 g/mol. The molecular formula is C21H22O5. The second kappa shape index (κ2) is 7.60. The molecule has 0 heterocycles. The number of carbonyl (C=O) groups is 2. The maximum absolute atomic E-state index is 12.4. The molecule has 0 amide bonds. The van der Waals surface area contributed by atoms with Gasteiger partial charge in [0.15, 0.2) is 5.41 Å². The van der Waals surface area contributed by atoms with Crippen LogP contribution in [0.25, 0.3) is 0 Å². The molecule has 5 nitrogen and oxygen atoms in total. The molecule has 136 valence electrons. The lowest BCUT2D eigenvalue weighted by atomic mass is 9.99. The summed E-state index contributed by atoms with van der Waals surface area (Å²) in [4.78, 5) is 24.8.